The lowest BCUT2D eigenvalue weighted by molar-refractivity contribution is -0.385. The predicted molar refractivity (Wildman–Crippen MR) is 87.5 cm³/mol. The van der Waals surface area contributed by atoms with Gasteiger partial charge in [0.2, 0.25) is 0 Å². The van der Waals surface area contributed by atoms with Gasteiger partial charge in [-0.05, 0) is 38.7 Å². The Kier molecular flexibility index (Phi) is 4.89. The number of carbonyl (C=O) groups is 1. The van der Waals surface area contributed by atoms with Gasteiger partial charge in [0.1, 0.15) is 0 Å². The van der Waals surface area contributed by atoms with Crippen molar-refractivity contribution in [2.75, 3.05) is 19.4 Å². The average molecular weight is 319 g/mol. The Morgan fingerprint density at radius 1 is 1.36 bits per heavy atom. The fourth-order valence-corrected chi connectivity index (χ4v) is 2.95. The van der Waals surface area contributed by atoms with Crippen molar-refractivity contribution in [2.45, 2.75) is 13.5 Å². The van der Waals surface area contributed by atoms with Crippen LogP contribution in [0, 0.1) is 17.0 Å². The molecule has 7 heteroatoms. The molecule has 0 bridgehead atoms. The van der Waals surface area contributed by atoms with Crippen LogP contribution in [0.25, 0.3) is 0 Å². The van der Waals surface area contributed by atoms with Crippen molar-refractivity contribution in [2.24, 2.45) is 0 Å². The summed E-state index contributed by atoms with van der Waals surface area (Å²) in [5, 5.41) is 13.6. The van der Waals surface area contributed by atoms with Crippen LogP contribution in [0.15, 0.2) is 30.3 Å². The number of nitrogens with zero attached hydrogens (tertiary/aromatic N) is 2. The van der Waals surface area contributed by atoms with E-state index >= 15 is 0 Å². The number of anilines is 1. The standard InChI is InChI=1S/C15H17N3O3S/c1-10-13(18(20)21)8-14(22-10)15(19)16-12-6-4-5-11(7-12)9-17(2)3/h4-8H,9H2,1-3H3,(H,16,19). The topological polar surface area (TPSA) is 75.5 Å². The van der Waals surface area contributed by atoms with Crippen molar-refractivity contribution < 1.29 is 9.72 Å². The minimum atomic E-state index is -0.472. The monoisotopic (exact) mass is 319 g/mol. The van der Waals surface area contributed by atoms with E-state index in [0.29, 0.717) is 15.4 Å². The molecule has 0 spiro atoms. The maximum atomic E-state index is 12.2. The number of carbonyl (C=O) groups excluding carboxylic acids is 1. The lowest BCUT2D eigenvalue weighted by Gasteiger charge is -2.11. The van der Waals surface area contributed by atoms with Crippen LogP contribution in [0.3, 0.4) is 0 Å². The Hall–Kier alpha value is -2.25. The van der Waals surface area contributed by atoms with Crippen LogP contribution in [0.5, 0.6) is 0 Å². The van der Waals surface area contributed by atoms with E-state index in [9.17, 15) is 14.9 Å². The molecule has 1 heterocycles. The summed E-state index contributed by atoms with van der Waals surface area (Å²) < 4.78 is 0. The average Bonchev–Trinajstić information content (AvgIpc) is 2.80. The van der Waals surface area contributed by atoms with E-state index in [1.54, 1.807) is 13.0 Å². The second-order valence-electron chi connectivity index (χ2n) is 5.20. The van der Waals surface area contributed by atoms with E-state index in [2.05, 4.69) is 5.32 Å². The third-order valence-electron chi connectivity index (χ3n) is 3.00. The van der Waals surface area contributed by atoms with Crippen LogP contribution < -0.4 is 5.32 Å². The fraction of sp³-hybridized carbons (Fsp3) is 0.267. The summed E-state index contributed by atoms with van der Waals surface area (Å²) in [7, 11) is 3.94. The van der Waals surface area contributed by atoms with Gasteiger partial charge in [-0.3, -0.25) is 14.9 Å². The quantitative estimate of drug-likeness (QED) is 0.678. The van der Waals surface area contributed by atoms with Gasteiger partial charge in [0.25, 0.3) is 11.6 Å². The normalized spacial score (nSPS) is 10.7. The number of nitro groups is 1. The van der Waals surface area contributed by atoms with E-state index in [0.717, 1.165) is 23.4 Å². The van der Waals surface area contributed by atoms with Crippen molar-refractivity contribution in [1.82, 2.24) is 4.90 Å². The van der Waals surface area contributed by atoms with Gasteiger partial charge in [-0.25, -0.2) is 0 Å². The Morgan fingerprint density at radius 2 is 2.09 bits per heavy atom. The first-order valence-corrected chi connectivity index (χ1v) is 7.48. The van der Waals surface area contributed by atoms with E-state index < -0.39 is 4.92 Å². The highest BCUT2D eigenvalue weighted by molar-refractivity contribution is 7.14. The lowest BCUT2D eigenvalue weighted by atomic mass is 10.2. The van der Waals surface area contributed by atoms with E-state index in [-0.39, 0.29) is 11.6 Å². The number of nitrogens with one attached hydrogen (secondary N) is 1. The summed E-state index contributed by atoms with van der Waals surface area (Å²) in [5.41, 5.74) is 1.74. The first-order chi connectivity index (χ1) is 10.4. The zero-order valence-electron chi connectivity index (χ0n) is 12.6. The van der Waals surface area contributed by atoms with Crippen molar-refractivity contribution in [3.8, 4) is 0 Å². The van der Waals surface area contributed by atoms with Crippen LogP contribution in [-0.4, -0.2) is 29.8 Å². The highest BCUT2D eigenvalue weighted by Gasteiger charge is 2.19. The van der Waals surface area contributed by atoms with Gasteiger partial charge in [-0.15, -0.1) is 11.3 Å². The van der Waals surface area contributed by atoms with E-state index in [1.807, 2.05) is 37.2 Å². The van der Waals surface area contributed by atoms with E-state index in [4.69, 9.17) is 0 Å². The van der Waals surface area contributed by atoms with E-state index in [1.165, 1.54) is 6.07 Å². The summed E-state index contributed by atoms with van der Waals surface area (Å²) in [5.74, 6) is -0.330. The Bertz CT molecular complexity index is 710. The largest absolute Gasteiger partial charge is 0.321 e. The molecule has 0 aliphatic heterocycles. The molecule has 1 aromatic carbocycles. The smallest absolute Gasteiger partial charge is 0.283 e. The highest BCUT2D eigenvalue weighted by atomic mass is 32.1. The molecule has 0 aliphatic carbocycles. The molecule has 0 unspecified atom stereocenters. The zero-order chi connectivity index (χ0) is 16.3. The molecule has 2 rings (SSSR count). The number of thiophene rings is 1. The first kappa shape index (κ1) is 16.1. The Labute approximate surface area is 132 Å². The van der Waals surface area contributed by atoms with Crippen molar-refractivity contribution in [3.63, 3.8) is 0 Å². The minimum absolute atomic E-state index is 0.0171. The molecule has 116 valence electrons. The summed E-state index contributed by atoms with van der Waals surface area (Å²) in [4.78, 5) is 25.5. The number of hydrogen-bond acceptors (Lipinski definition) is 5. The van der Waals surface area contributed by atoms with Gasteiger partial charge in [-0.2, -0.15) is 0 Å². The van der Waals surface area contributed by atoms with Crippen LogP contribution in [0.4, 0.5) is 11.4 Å². The lowest BCUT2D eigenvalue weighted by Crippen LogP contribution is -2.12. The maximum Gasteiger partial charge on any atom is 0.283 e. The van der Waals surface area contributed by atoms with Crippen molar-refractivity contribution >= 4 is 28.6 Å². The third-order valence-corrected chi connectivity index (χ3v) is 4.03. The minimum Gasteiger partial charge on any atom is -0.321 e. The number of benzene rings is 1. The van der Waals surface area contributed by atoms with Gasteiger partial charge in [0, 0.05) is 18.3 Å². The van der Waals surface area contributed by atoms with Crippen molar-refractivity contribution in [1.29, 1.82) is 0 Å². The molecule has 1 aromatic heterocycles. The van der Waals surface area contributed by atoms with Crippen molar-refractivity contribution in [3.05, 3.63) is 55.8 Å². The molecule has 0 radical (unpaired) electrons. The highest BCUT2D eigenvalue weighted by Crippen LogP contribution is 2.28. The maximum absolute atomic E-state index is 12.2. The molecule has 0 saturated carbocycles. The van der Waals surface area contributed by atoms with Crippen LogP contribution in [0.2, 0.25) is 0 Å². The summed E-state index contributed by atoms with van der Waals surface area (Å²) >= 11 is 1.12. The van der Waals surface area contributed by atoms with Gasteiger partial charge < -0.3 is 10.2 Å². The summed E-state index contributed by atoms with van der Waals surface area (Å²) in [6.45, 7) is 2.41. The molecule has 0 fully saturated rings. The summed E-state index contributed by atoms with van der Waals surface area (Å²) in [6.07, 6.45) is 0. The van der Waals surface area contributed by atoms with Gasteiger partial charge in [0.15, 0.2) is 0 Å². The third kappa shape index (κ3) is 3.90. The van der Waals surface area contributed by atoms with Crippen LogP contribution in [-0.2, 0) is 6.54 Å². The van der Waals surface area contributed by atoms with Gasteiger partial charge in [0.05, 0.1) is 14.7 Å². The van der Waals surface area contributed by atoms with Gasteiger partial charge in [-0.1, -0.05) is 12.1 Å². The molecule has 1 N–H and O–H groups in total. The Morgan fingerprint density at radius 3 is 2.68 bits per heavy atom. The van der Waals surface area contributed by atoms with Gasteiger partial charge >= 0.3 is 0 Å². The molecule has 2 aromatic rings. The zero-order valence-corrected chi connectivity index (χ0v) is 13.4. The first-order valence-electron chi connectivity index (χ1n) is 6.66. The SMILES string of the molecule is Cc1sc(C(=O)Nc2cccc(CN(C)C)c2)cc1[N+](=O)[O-]. The predicted octanol–water partition coefficient (Wildman–Crippen LogP) is 3.28. The molecule has 0 aliphatic rings. The summed E-state index contributed by atoms with van der Waals surface area (Å²) in [6, 6.07) is 8.87. The number of hydrogen-bond donors (Lipinski definition) is 1. The fourth-order valence-electron chi connectivity index (χ4n) is 2.07. The molecule has 0 atom stereocenters. The number of rotatable bonds is 5. The van der Waals surface area contributed by atoms with Crippen LogP contribution in [0.1, 0.15) is 20.1 Å². The molecule has 1 amide bonds. The molecule has 6 nitrogen and oxygen atoms in total. The second-order valence-corrected chi connectivity index (χ2v) is 6.46. The number of amides is 1. The number of aryl methyl sites for hydroxylation is 1. The molecular formula is C15H17N3O3S. The molecule has 22 heavy (non-hydrogen) atoms. The van der Waals surface area contributed by atoms with Crippen LogP contribution >= 0.6 is 11.3 Å². The molecular weight excluding hydrogens is 302 g/mol. The second kappa shape index (κ2) is 6.67. The Balaban J connectivity index is 2.15. The molecule has 0 saturated heterocycles.